The van der Waals surface area contributed by atoms with Crippen molar-refractivity contribution >= 4 is 15.2 Å². The van der Waals surface area contributed by atoms with Crippen LogP contribution in [0.3, 0.4) is 0 Å². The molecule has 0 bridgehead atoms. The van der Waals surface area contributed by atoms with Crippen LogP contribution in [0.4, 0.5) is 0 Å². The largest absolute Gasteiger partial charge is 0.397 e. The zero-order chi connectivity index (χ0) is 14.0. The van der Waals surface area contributed by atoms with Crippen molar-refractivity contribution in [3.05, 3.63) is 0 Å². The minimum absolute atomic E-state index is 0.250. The summed E-state index contributed by atoms with van der Waals surface area (Å²) >= 11 is 0. The third kappa shape index (κ3) is 16.6. The van der Waals surface area contributed by atoms with Gasteiger partial charge in [-0.05, 0) is 13.8 Å². The maximum atomic E-state index is 10.1. The van der Waals surface area contributed by atoms with Crippen molar-refractivity contribution in [1.82, 2.24) is 0 Å². The van der Waals surface area contributed by atoms with E-state index in [9.17, 15) is 9.13 Å². The van der Waals surface area contributed by atoms with Crippen molar-refractivity contribution < 1.29 is 38.9 Å². The smallest absolute Gasteiger partial charge is 0.354 e. The molecule has 8 N–H and O–H groups in total. The molecule has 0 heterocycles. The second-order valence-electron chi connectivity index (χ2n) is 2.22. The fourth-order valence-corrected chi connectivity index (χ4v) is 1.76. The van der Waals surface area contributed by atoms with Gasteiger partial charge in [0.1, 0.15) is 0 Å². The molecule has 0 radical (unpaired) electrons. The van der Waals surface area contributed by atoms with Crippen molar-refractivity contribution in [2.45, 2.75) is 19.4 Å². The van der Waals surface area contributed by atoms with E-state index in [2.05, 4.69) is 5.73 Å². The van der Waals surface area contributed by atoms with Crippen LogP contribution in [0.2, 0.25) is 0 Å². The number of aliphatic hydroxyl groups is 2. The number of hydrogen-bond donors (Lipinski definition) is 7. The van der Waals surface area contributed by atoms with Gasteiger partial charge in [0.15, 0.2) is 0 Å². The molecule has 0 aromatic rings. The molecule has 11 heteroatoms. The van der Waals surface area contributed by atoms with Gasteiger partial charge >= 0.3 is 15.2 Å². The van der Waals surface area contributed by atoms with Gasteiger partial charge in [-0.25, -0.2) is 0 Å². The van der Waals surface area contributed by atoms with Crippen LogP contribution in [0.1, 0.15) is 13.8 Å². The van der Waals surface area contributed by atoms with Crippen molar-refractivity contribution in [2.24, 2.45) is 5.73 Å². The van der Waals surface area contributed by atoms with Crippen LogP contribution in [0.5, 0.6) is 0 Å². The molecule has 9 nitrogen and oxygen atoms in total. The van der Waals surface area contributed by atoms with E-state index in [-0.39, 0.29) is 13.2 Å². The van der Waals surface area contributed by atoms with Crippen LogP contribution in [0.15, 0.2) is 0 Å². The highest BCUT2D eigenvalue weighted by Gasteiger charge is 2.39. The molecule has 0 saturated heterocycles. The van der Waals surface area contributed by atoms with Gasteiger partial charge in [-0.3, -0.25) is 9.13 Å². The fraction of sp³-hybridized carbons (Fsp3) is 1.00. The second kappa shape index (κ2) is 10.3. The highest BCUT2D eigenvalue weighted by Crippen LogP contribution is 2.56. The Morgan fingerprint density at radius 2 is 1.06 bits per heavy atom. The summed E-state index contributed by atoms with van der Waals surface area (Å²) in [5.74, 6) is 0. The highest BCUT2D eigenvalue weighted by molar-refractivity contribution is 7.70. The molecule has 0 aromatic heterocycles. The lowest BCUT2D eigenvalue weighted by molar-refractivity contribution is 0.318. The Bertz CT molecular complexity index is 211. The van der Waals surface area contributed by atoms with Gasteiger partial charge in [-0.1, -0.05) is 0 Å². The summed E-state index contributed by atoms with van der Waals surface area (Å²) in [5.41, 5.74) is 2.10. The third-order valence-corrected chi connectivity index (χ3v) is 3.87. The van der Waals surface area contributed by atoms with E-state index in [0.29, 0.717) is 0 Å². The molecule has 0 saturated carbocycles. The van der Waals surface area contributed by atoms with Gasteiger partial charge in [0.2, 0.25) is 5.52 Å². The van der Waals surface area contributed by atoms with E-state index >= 15 is 0 Å². The lowest BCUT2D eigenvalue weighted by Gasteiger charge is -2.13. The van der Waals surface area contributed by atoms with E-state index < -0.39 is 20.7 Å². The fourth-order valence-electron chi connectivity index (χ4n) is 0.196. The van der Waals surface area contributed by atoms with Gasteiger partial charge in [0, 0.05) is 13.2 Å². The van der Waals surface area contributed by atoms with Gasteiger partial charge < -0.3 is 35.5 Å². The van der Waals surface area contributed by atoms with Gasteiger partial charge in [0.25, 0.3) is 0 Å². The van der Waals surface area contributed by atoms with Crippen LogP contribution in [0, 0.1) is 0 Å². The van der Waals surface area contributed by atoms with Gasteiger partial charge in [0.05, 0.1) is 0 Å². The molecule has 0 aromatic carbocycles. The SMILES string of the molecule is CCO.CCO.NC(P(=O)(O)O)P(=O)(O)O. The number of hydrogen-bond acceptors (Lipinski definition) is 5. The number of aliphatic hydroxyl groups excluding tert-OH is 2. The summed E-state index contributed by atoms with van der Waals surface area (Å²) < 4.78 is 20.1. The Morgan fingerprint density at radius 1 is 0.938 bits per heavy atom. The van der Waals surface area contributed by atoms with Gasteiger partial charge in [-0.15, -0.1) is 0 Å². The summed E-state index contributed by atoms with van der Waals surface area (Å²) in [6, 6.07) is 0. The quantitative estimate of drug-likeness (QED) is 0.299. The maximum absolute atomic E-state index is 10.1. The Labute approximate surface area is 93.2 Å². The molecular weight excluding hydrogens is 264 g/mol. The molecule has 0 rings (SSSR count). The standard InChI is InChI=1S/2C2H6O.CH7NO6P2/c2*1-2-3;2-1(9(3,4)5)10(6,7)8/h2*3H,2H2,1H3;1H,2H2,(H2,3,4,5)(H2,6,7,8). The lowest BCUT2D eigenvalue weighted by Crippen LogP contribution is -2.19. The second-order valence-corrected chi connectivity index (χ2v) is 6.10. The van der Waals surface area contributed by atoms with Crippen molar-refractivity contribution in [3.8, 4) is 0 Å². The van der Waals surface area contributed by atoms with Crippen LogP contribution in [-0.4, -0.2) is 48.5 Å². The molecule has 16 heavy (non-hydrogen) atoms. The van der Waals surface area contributed by atoms with E-state index in [1.165, 1.54) is 0 Å². The zero-order valence-corrected chi connectivity index (χ0v) is 10.8. The average molecular weight is 283 g/mol. The predicted octanol–water partition coefficient (Wildman–Crippen LogP) is -1.42. The summed E-state index contributed by atoms with van der Waals surface area (Å²) in [6.07, 6.45) is 0. The highest BCUT2D eigenvalue weighted by atomic mass is 31.2. The topological polar surface area (TPSA) is 182 Å². The molecule has 0 unspecified atom stereocenters. The molecule has 0 spiro atoms. The Kier molecular flexibility index (Phi) is 13.9. The lowest BCUT2D eigenvalue weighted by atomic mass is 10.9. The normalized spacial score (nSPS) is 11.1. The minimum atomic E-state index is -4.86. The molecule has 0 fully saturated rings. The minimum Gasteiger partial charge on any atom is -0.397 e. The third-order valence-electron chi connectivity index (χ3n) is 0.689. The summed E-state index contributed by atoms with van der Waals surface area (Å²) in [5, 5.41) is 15.1. The molecule has 102 valence electrons. The number of rotatable bonds is 2. The average Bonchev–Trinajstić information content (AvgIpc) is 2.02. The Hall–Kier alpha value is 0.180. The van der Waals surface area contributed by atoms with E-state index in [1.807, 2.05) is 0 Å². The summed E-state index contributed by atoms with van der Waals surface area (Å²) in [4.78, 5) is 32.5. The molecule has 0 amide bonds. The van der Waals surface area contributed by atoms with Crippen LogP contribution >= 0.6 is 15.2 Å². The van der Waals surface area contributed by atoms with E-state index in [1.54, 1.807) is 13.8 Å². The first kappa shape index (κ1) is 21.5. The first-order valence-corrected chi connectivity index (χ1v) is 7.42. The van der Waals surface area contributed by atoms with Gasteiger partial charge in [-0.2, -0.15) is 0 Å². The van der Waals surface area contributed by atoms with E-state index in [0.717, 1.165) is 0 Å². The van der Waals surface area contributed by atoms with Crippen molar-refractivity contribution in [3.63, 3.8) is 0 Å². The monoisotopic (exact) mass is 283 g/mol. The molecule has 0 aliphatic rings. The molecular formula is C5H19NO8P2. The zero-order valence-electron chi connectivity index (χ0n) is 8.96. The van der Waals surface area contributed by atoms with Crippen LogP contribution < -0.4 is 5.73 Å². The van der Waals surface area contributed by atoms with Crippen molar-refractivity contribution in [2.75, 3.05) is 13.2 Å². The predicted molar refractivity (Wildman–Crippen MR) is 57.6 cm³/mol. The van der Waals surface area contributed by atoms with Crippen LogP contribution in [0.25, 0.3) is 0 Å². The van der Waals surface area contributed by atoms with Crippen molar-refractivity contribution in [1.29, 1.82) is 0 Å². The molecule has 0 atom stereocenters. The Balaban J connectivity index is -0.000000235. The summed E-state index contributed by atoms with van der Waals surface area (Å²) in [6.45, 7) is 3.86. The first-order chi connectivity index (χ1) is 6.98. The van der Waals surface area contributed by atoms with Crippen LogP contribution in [-0.2, 0) is 9.13 Å². The van der Waals surface area contributed by atoms with E-state index in [4.69, 9.17) is 29.8 Å². The molecule has 0 aliphatic heterocycles. The Morgan fingerprint density at radius 3 is 1.06 bits per heavy atom. The number of nitrogens with two attached hydrogens (primary N) is 1. The maximum Gasteiger partial charge on any atom is 0.354 e. The molecule has 0 aliphatic carbocycles. The first-order valence-electron chi connectivity index (χ1n) is 4.06. The summed E-state index contributed by atoms with van der Waals surface area (Å²) in [7, 11) is -9.73.